The molecule has 0 aliphatic carbocycles. The molecule has 0 bridgehead atoms. The highest BCUT2D eigenvalue weighted by atomic mass is 32.1. The molecule has 1 amide bonds. The number of carbonyl (C=O) groups is 1. The summed E-state index contributed by atoms with van der Waals surface area (Å²) in [5.41, 5.74) is 1.67. The number of benzene rings is 1. The van der Waals surface area contributed by atoms with Gasteiger partial charge in [0.1, 0.15) is 5.69 Å². The molecule has 0 radical (unpaired) electrons. The van der Waals surface area contributed by atoms with E-state index in [9.17, 15) is 14.9 Å². The molecule has 1 aromatic heterocycles. The fourth-order valence-electron chi connectivity index (χ4n) is 3.48. The van der Waals surface area contributed by atoms with Crippen LogP contribution in [-0.4, -0.2) is 72.1 Å². The van der Waals surface area contributed by atoms with Crippen LogP contribution in [0.5, 0.6) is 0 Å². The second-order valence-corrected chi connectivity index (χ2v) is 8.25. The molecule has 30 heavy (non-hydrogen) atoms. The van der Waals surface area contributed by atoms with E-state index in [1.54, 1.807) is 35.5 Å². The van der Waals surface area contributed by atoms with Crippen LogP contribution in [0.1, 0.15) is 27.5 Å². The largest absolute Gasteiger partial charge is 0.383 e. The van der Waals surface area contributed by atoms with Gasteiger partial charge in [-0.3, -0.25) is 19.8 Å². The van der Waals surface area contributed by atoms with E-state index in [-0.39, 0.29) is 11.6 Å². The Morgan fingerprint density at radius 3 is 2.87 bits per heavy atom. The van der Waals surface area contributed by atoms with E-state index in [1.165, 1.54) is 6.07 Å². The zero-order valence-corrected chi connectivity index (χ0v) is 18.1. The van der Waals surface area contributed by atoms with Crippen LogP contribution in [0.25, 0.3) is 0 Å². The third-order valence-electron chi connectivity index (χ3n) is 4.99. The van der Waals surface area contributed by atoms with Crippen molar-refractivity contribution >= 4 is 28.6 Å². The molecule has 2 aromatic rings. The van der Waals surface area contributed by atoms with Crippen LogP contribution in [0.2, 0.25) is 0 Å². The van der Waals surface area contributed by atoms with E-state index in [2.05, 4.69) is 20.6 Å². The lowest BCUT2D eigenvalue weighted by Crippen LogP contribution is -2.35. The van der Waals surface area contributed by atoms with Gasteiger partial charge in [0.25, 0.3) is 11.6 Å². The van der Waals surface area contributed by atoms with Gasteiger partial charge in [0, 0.05) is 63.4 Å². The van der Waals surface area contributed by atoms with E-state index in [4.69, 9.17) is 4.74 Å². The van der Waals surface area contributed by atoms with Crippen LogP contribution in [0, 0.1) is 17.0 Å². The second-order valence-electron chi connectivity index (χ2n) is 7.19. The molecule has 1 aromatic carbocycles. The Labute approximate surface area is 179 Å². The summed E-state index contributed by atoms with van der Waals surface area (Å²) in [7, 11) is 1.57. The quantitative estimate of drug-likeness (QED) is 0.388. The number of ether oxygens (including phenoxy) is 1. The Morgan fingerprint density at radius 2 is 2.17 bits per heavy atom. The molecule has 0 spiro atoms. The SMILES string of the molecule is COCCNc1ccc(C(=O)N2CCCN(Cc3csc(C)n3)CC2)cc1[N+](=O)[O-]. The number of hydrogen-bond donors (Lipinski definition) is 1. The number of methoxy groups -OCH3 is 1. The van der Waals surface area contributed by atoms with E-state index in [1.807, 2.05) is 6.92 Å². The van der Waals surface area contributed by atoms with Crippen molar-refractivity contribution in [2.24, 2.45) is 0 Å². The van der Waals surface area contributed by atoms with Crippen LogP contribution >= 0.6 is 11.3 Å². The highest BCUT2D eigenvalue weighted by Gasteiger charge is 2.23. The van der Waals surface area contributed by atoms with Crippen LogP contribution in [0.15, 0.2) is 23.6 Å². The Bertz CT molecular complexity index is 888. The van der Waals surface area contributed by atoms with Crippen molar-refractivity contribution in [3.8, 4) is 0 Å². The Kier molecular flexibility index (Phi) is 7.72. The highest BCUT2D eigenvalue weighted by Crippen LogP contribution is 2.26. The summed E-state index contributed by atoms with van der Waals surface area (Å²) in [6.07, 6.45) is 0.855. The maximum atomic E-state index is 13.0. The van der Waals surface area contributed by atoms with Crippen LogP contribution < -0.4 is 5.32 Å². The van der Waals surface area contributed by atoms with Gasteiger partial charge in [-0.1, -0.05) is 0 Å². The second kappa shape index (κ2) is 10.5. The molecule has 1 aliphatic rings. The highest BCUT2D eigenvalue weighted by molar-refractivity contribution is 7.09. The normalized spacial score (nSPS) is 15.1. The Morgan fingerprint density at radius 1 is 1.33 bits per heavy atom. The van der Waals surface area contributed by atoms with E-state index in [0.717, 1.165) is 36.8 Å². The van der Waals surface area contributed by atoms with Crippen molar-refractivity contribution in [3.63, 3.8) is 0 Å². The molecule has 2 heterocycles. The predicted molar refractivity (Wildman–Crippen MR) is 116 cm³/mol. The molecule has 1 fully saturated rings. The number of aromatic nitrogens is 1. The number of nitrogens with zero attached hydrogens (tertiary/aromatic N) is 4. The van der Waals surface area contributed by atoms with E-state index >= 15 is 0 Å². The number of nitro benzene ring substituents is 1. The third kappa shape index (κ3) is 5.74. The zero-order chi connectivity index (χ0) is 21.5. The molecular weight excluding hydrogens is 406 g/mol. The average Bonchev–Trinajstić information content (AvgIpc) is 2.99. The van der Waals surface area contributed by atoms with Gasteiger partial charge in [-0.2, -0.15) is 0 Å². The fraction of sp³-hybridized carbons (Fsp3) is 0.500. The van der Waals surface area contributed by atoms with E-state index in [0.29, 0.717) is 37.5 Å². The summed E-state index contributed by atoms with van der Waals surface area (Å²) in [5.74, 6) is -0.173. The number of hydrogen-bond acceptors (Lipinski definition) is 8. The van der Waals surface area contributed by atoms with Crippen molar-refractivity contribution in [1.29, 1.82) is 0 Å². The van der Waals surface area contributed by atoms with Crippen molar-refractivity contribution in [2.75, 3.05) is 51.8 Å². The molecule has 0 atom stereocenters. The zero-order valence-electron chi connectivity index (χ0n) is 17.3. The molecule has 162 valence electrons. The van der Waals surface area contributed by atoms with Crippen molar-refractivity contribution in [2.45, 2.75) is 19.9 Å². The maximum absolute atomic E-state index is 13.0. The smallest absolute Gasteiger partial charge is 0.293 e. The monoisotopic (exact) mass is 433 g/mol. The molecule has 1 aliphatic heterocycles. The summed E-state index contributed by atoms with van der Waals surface area (Å²) < 4.78 is 4.96. The van der Waals surface area contributed by atoms with Gasteiger partial charge in [0.2, 0.25) is 0 Å². The first-order valence-electron chi connectivity index (χ1n) is 9.92. The fourth-order valence-corrected chi connectivity index (χ4v) is 4.08. The number of thiazole rings is 1. The number of anilines is 1. The Balaban J connectivity index is 1.65. The number of nitro groups is 1. The lowest BCUT2D eigenvalue weighted by atomic mass is 10.1. The molecule has 10 heteroatoms. The number of amides is 1. The van der Waals surface area contributed by atoms with Crippen LogP contribution in [0.3, 0.4) is 0 Å². The summed E-state index contributed by atoms with van der Waals surface area (Å²) in [6, 6.07) is 4.60. The minimum Gasteiger partial charge on any atom is -0.383 e. The minimum atomic E-state index is -0.466. The molecule has 3 rings (SSSR count). The molecule has 0 unspecified atom stereocenters. The predicted octanol–water partition coefficient (Wildman–Crippen LogP) is 2.77. The molecular formula is C20H27N5O4S. The maximum Gasteiger partial charge on any atom is 0.293 e. The molecule has 0 saturated carbocycles. The Hall–Kier alpha value is -2.56. The summed E-state index contributed by atoms with van der Waals surface area (Å²) in [6.45, 7) is 6.52. The first-order chi connectivity index (χ1) is 14.5. The van der Waals surface area contributed by atoms with Gasteiger partial charge in [0.15, 0.2) is 0 Å². The number of carbonyl (C=O) groups excluding carboxylic acids is 1. The van der Waals surface area contributed by atoms with Gasteiger partial charge in [-0.25, -0.2) is 4.98 Å². The van der Waals surface area contributed by atoms with Crippen molar-refractivity contribution in [3.05, 3.63) is 50.0 Å². The molecule has 1 saturated heterocycles. The number of aryl methyl sites for hydroxylation is 1. The van der Waals surface area contributed by atoms with Crippen molar-refractivity contribution in [1.82, 2.24) is 14.8 Å². The number of nitrogens with one attached hydrogen (secondary N) is 1. The summed E-state index contributed by atoms with van der Waals surface area (Å²) in [4.78, 5) is 32.6. The third-order valence-corrected chi connectivity index (χ3v) is 5.81. The minimum absolute atomic E-state index is 0.104. The molecule has 1 N–H and O–H groups in total. The van der Waals surface area contributed by atoms with Crippen LogP contribution in [0.4, 0.5) is 11.4 Å². The summed E-state index contributed by atoms with van der Waals surface area (Å²) >= 11 is 1.64. The summed E-state index contributed by atoms with van der Waals surface area (Å²) in [5, 5.41) is 17.6. The molecule has 9 nitrogen and oxygen atoms in total. The lowest BCUT2D eigenvalue weighted by molar-refractivity contribution is -0.384. The van der Waals surface area contributed by atoms with Gasteiger partial charge >= 0.3 is 0 Å². The van der Waals surface area contributed by atoms with Gasteiger partial charge in [-0.05, 0) is 25.5 Å². The topological polar surface area (TPSA) is 101 Å². The lowest BCUT2D eigenvalue weighted by Gasteiger charge is -2.22. The standard InChI is InChI=1S/C20H27N5O4S/c1-15-22-17(14-30-15)13-23-7-3-8-24(10-9-23)20(26)16-4-5-18(21-6-11-29-2)19(12-16)25(27)28/h4-5,12,14,21H,3,6-11,13H2,1-2H3. The first-order valence-corrected chi connectivity index (χ1v) is 10.8. The van der Waals surface area contributed by atoms with Gasteiger partial charge in [0.05, 0.1) is 22.2 Å². The van der Waals surface area contributed by atoms with Gasteiger partial charge in [-0.15, -0.1) is 11.3 Å². The first kappa shape index (κ1) is 22.1. The van der Waals surface area contributed by atoms with E-state index < -0.39 is 4.92 Å². The van der Waals surface area contributed by atoms with Crippen molar-refractivity contribution < 1.29 is 14.5 Å². The van der Waals surface area contributed by atoms with Gasteiger partial charge < -0.3 is 15.0 Å². The van der Waals surface area contributed by atoms with Crippen LogP contribution in [-0.2, 0) is 11.3 Å². The number of rotatable bonds is 8. The average molecular weight is 434 g/mol.